The first kappa shape index (κ1) is 9.04. The second-order valence-corrected chi connectivity index (χ2v) is 1.26. The van der Waals surface area contributed by atoms with E-state index in [1.807, 2.05) is 13.8 Å². The molecule has 0 amide bonds. The van der Waals surface area contributed by atoms with Crippen molar-refractivity contribution in [1.82, 2.24) is 0 Å². The molecule has 3 heteroatoms. The van der Waals surface area contributed by atoms with Crippen LogP contribution in [0.15, 0.2) is 0 Å². The summed E-state index contributed by atoms with van der Waals surface area (Å²) in [5, 5.41) is 0. The van der Waals surface area contributed by atoms with Gasteiger partial charge in [0, 0.05) is 0 Å². The molecule has 1 nitrogen and oxygen atoms in total. The molecule has 6 heavy (non-hydrogen) atoms. The maximum atomic E-state index is 4.58. The average Bonchev–Trinajstić information content (AvgIpc) is 1.38. The Morgan fingerprint density at radius 2 is 1.67 bits per heavy atom. The van der Waals surface area contributed by atoms with Crippen molar-refractivity contribution in [3.63, 3.8) is 0 Å². The largest absolute Gasteiger partial charge is 0.534 e. The van der Waals surface area contributed by atoms with Crippen LogP contribution in [-0.2, 0) is 4.52 Å². The molecule has 0 aromatic rings. The van der Waals surface area contributed by atoms with Crippen LogP contribution in [0.4, 0.5) is 0 Å². The first-order chi connectivity index (χ1) is 2.27. The molecular formula is C3H8OPRf-. The molecule has 0 aliphatic carbocycles. The molecule has 0 N–H and O–H groups in total. The third-order valence-electron chi connectivity index (χ3n) is 0.236. The van der Waals surface area contributed by atoms with E-state index in [1.165, 1.54) is 0 Å². The van der Waals surface area contributed by atoms with E-state index in [1.54, 1.807) is 0 Å². The minimum atomic E-state index is 0. The summed E-state index contributed by atoms with van der Waals surface area (Å²) in [5.41, 5.74) is 0. The van der Waals surface area contributed by atoms with Gasteiger partial charge in [-0.05, 0) is 9.47 Å². The molecule has 0 aliphatic heterocycles. The van der Waals surface area contributed by atoms with Gasteiger partial charge in [0.05, 0.1) is 0 Å². The van der Waals surface area contributed by atoms with E-state index in [9.17, 15) is 0 Å². The smallest absolute Gasteiger partial charge is 0 e. The van der Waals surface area contributed by atoms with Crippen LogP contribution in [0, 0.1) is 6.10 Å². The Hall–Kier alpha value is -0.610. The zero-order chi connectivity index (χ0) is 4.28. The molecule has 1 unspecified atom stereocenters. The summed E-state index contributed by atoms with van der Waals surface area (Å²) < 4.78 is 4.58. The molecule has 0 rings (SSSR count). The van der Waals surface area contributed by atoms with Gasteiger partial charge in [0.2, 0.25) is 0 Å². The molecular weight excluding hydrogens is 350 g/mol. The summed E-state index contributed by atoms with van der Waals surface area (Å²) in [6.45, 7) is 3.79. The van der Waals surface area contributed by atoms with Crippen LogP contribution in [0.2, 0.25) is 0 Å². The molecule has 0 bridgehead atoms. The number of hydrogen-bond acceptors (Lipinski definition) is 1. The summed E-state index contributed by atoms with van der Waals surface area (Å²) in [7, 11) is 2.16. The molecule has 0 fully saturated rings. The Balaban J connectivity index is 0. The molecule has 0 aromatic heterocycles. The normalized spacial score (nSPS) is 8.00. The van der Waals surface area contributed by atoms with Crippen LogP contribution in [-0.4, -0.2) is 0 Å². The van der Waals surface area contributed by atoms with E-state index >= 15 is 0 Å². The van der Waals surface area contributed by atoms with Gasteiger partial charge in [-0.25, -0.2) is 0 Å². The van der Waals surface area contributed by atoms with Crippen LogP contribution in [0.5, 0.6) is 0 Å². The molecule has 34 valence electrons. The quantitative estimate of drug-likeness (QED) is 0.508. The van der Waals surface area contributed by atoms with E-state index in [2.05, 4.69) is 14.0 Å². The van der Waals surface area contributed by atoms with Gasteiger partial charge in [0.1, 0.15) is 0 Å². The topological polar surface area (TPSA) is 9.23 Å². The van der Waals surface area contributed by atoms with Gasteiger partial charge in [0.15, 0.2) is 0 Å². The van der Waals surface area contributed by atoms with Crippen LogP contribution >= 0.6 is 9.47 Å². The minimum absolute atomic E-state index is 0. The number of rotatable bonds is 1. The zero-order valence-corrected chi connectivity index (χ0v) is 11.7. The molecule has 0 radical (unpaired) electrons. The maximum Gasteiger partial charge on any atom is 0 e. The zero-order valence-electron chi connectivity index (χ0n) is 4.19. The van der Waals surface area contributed by atoms with Crippen molar-refractivity contribution in [2.24, 2.45) is 0 Å². The molecule has 0 aromatic carbocycles. The van der Waals surface area contributed by atoms with Crippen molar-refractivity contribution < 1.29 is 4.52 Å². The summed E-state index contributed by atoms with van der Waals surface area (Å²) in [5.74, 6) is 0. The maximum absolute atomic E-state index is 4.58. The Bertz CT molecular complexity index is 24.8. The van der Waals surface area contributed by atoms with Gasteiger partial charge < -0.3 is 4.52 Å². The molecule has 0 aliphatic rings. The van der Waals surface area contributed by atoms with Gasteiger partial charge in [-0.3, -0.25) is 0 Å². The van der Waals surface area contributed by atoms with Crippen LogP contribution in [0.25, 0.3) is 0 Å². The fourth-order valence-electron chi connectivity index (χ4n) is 0. The van der Waals surface area contributed by atoms with Crippen molar-refractivity contribution in [2.45, 2.75) is 13.8 Å². The second kappa shape index (κ2) is 4.39. The Morgan fingerprint density at radius 1 is 1.50 bits per heavy atom. The fraction of sp³-hybridized carbons (Fsp3) is 0.667. The van der Waals surface area contributed by atoms with Crippen LogP contribution < -0.4 is 0 Å². The van der Waals surface area contributed by atoms with E-state index < -0.39 is 0 Å². The Labute approximate surface area is 35.0 Å². The van der Waals surface area contributed by atoms with E-state index in [4.69, 9.17) is 0 Å². The predicted molar refractivity (Wildman–Crippen MR) is 25.4 cm³/mol. The second-order valence-electron chi connectivity index (χ2n) is 1.03. The molecule has 0 saturated heterocycles. The first-order valence-electron chi connectivity index (χ1n) is 1.44. The fourth-order valence-corrected chi connectivity index (χ4v) is 0. The van der Waals surface area contributed by atoms with Crippen LogP contribution in [0.1, 0.15) is 13.8 Å². The van der Waals surface area contributed by atoms with Gasteiger partial charge in [-0.1, -0.05) is 0 Å². The Kier molecular flexibility index (Phi) is 6.61. The Morgan fingerprint density at radius 3 is 1.67 bits per heavy atom. The van der Waals surface area contributed by atoms with Crippen molar-refractivity contribution in [1.29, 1.82) is 0 Å². The third-order valence-corrected chi connectivity index (χ3v) is 0.707. The molecule has 0 heterocycles. The molecule has 0 spiro atoms. The van der Waals surface area contributed by atoms with Crippen molar-refractivity contribution in [2.75, 3.05) is 0 Å². The van der Waals surface area contributed by atoms with Gasteiger partial charge >= 0.3 is 0 Å². The third kappa shape index (κ3) is 10.0. The van der Waals surface area contributed by atoms with Gasteiger partial charge in [-0.2, -0.15) is 20.0 Å². The van der Waals surface area contributed by atoms with Crippen molar-refractivity contribution in [3.05, 3.63) is 6.10 Å². The van der Waals surface area contributed by atoms with Gasteiger partial charge in [0.25, 0.3) is 0 Å². The standard InChI is InChI=1S/C3H8OP.Rf/c1-3(2)4-5;/h5H2,1-2H3;/q-1;. The van der Waals surface area contributed by atoms with Crippen molar-refractivity contribution in [3.8, 4) is 0 Å². The predicted octanol–water partition coefficient (Wildman–Crippen LogP) is 1.36. The van der Waals surface area contributed by atoms with E-state index in [-0.39, 0.29) is 0 Å². The summed E-state index contributed by atoms with van der Waals surface area (Å²) in [4.78, 5) is 0. The van der Waals surface area contributed by atoms with E-state index in [0.29, 0.717) is 0 Å². The number of hydrogen-bond donors (Lipinski definition) is 0. The minimum Gasteiger partial charge on any atom is -0.534 e. The SMILES string of the molecule is C[C-](C)OP.[Rf]. The van der Waals surface area contributed by atoms with Gasteiger partial charge in [-0.15, -0.1) is 0 Å². The monoisotopic (exact) mass is 358 g/mol. The molecule has 0 saturated carbocycles. The average molecular weight is 358 g/mol. The van der Waals surface area contributed by atoms with E-state index in [0.717, 1.165) is 6.10 Å². The summed E-state index contributed by atoms with van der Waals surface area (Å²) >= 11 is 0. The van der Waals surface area contributed by atoms with Crippen LogP contribution in [0.3, 0.4) is 0 Å². The van der Waals surface area contributed by atoms with Crippen molar-refractivity contribution >= 4 is 9.47 Å². The molecule has 1 atom stereocenters. The summed E-state index contributed by atoms with van der Waals surface area (Å²) in [6.07, 6.45) is 0.968. The first-order valence-corrected chi connectivity index (χ1v) is 1.91. The summed E-state index contributed by atoms with van der Waals surface area (Å²) in [6, 6.07) is 0.